The Morgan fingerprint density at radius 3 is 1.24 bits per heavy atom. The van der Waals surface area contributed by atoms with E-state index in [2.05, 4.69) is 193 Å². The van der Waals surface area contributed by atoms with Gasteiger partial charge in [-0.1, -0.05) is 146 Å². The van der Waals surface area contributed by atoms with E-state index in [0.29, 0.717) is 0 Å². The molecule has 0 fully saturated rings. The van der Waals surface area contributed by atoms with Gasteiger partial charge in [0.2, 0.25) is 0 Å². The lowest BCUT2D eigenvalue weighted by Crippen LogP contribution is -2.09. The molecule has 2 nitrogen and oxygen atoms in total. The van der Waals surface area contributed by atoms with Crippen LogP contribution in [0.15, 0.2) is 205 Å². The Bertz CT molecular complexity index is 2550. The number of furan rings is 1. The number of fused-ring (bicyclic) bond motifs is 3. The Morgan fingerprint density at radius 1 is 0.260 bits per heavy atom. The highest BCUT2D eigenvalue weighted by Gasteiger charge is 2.16. The van der Waals surface area contributed by atoms with Crippen LogP contribution in [0.2, 0.25) is 0 Å². The van der Waals surface area contributed by atoms with Crippen LogP contribution in [0.1, 0.15) is 0 Å². The monoisotopic (exact) mass is 639 g/mol. The summed E-state index contributed by atoms with van der Waals surface area (Å²) < 4.78 is 6.31. The number of benzene rings is 8. The van der Waals surface area contributed by atoms with Gasteiger partial charge in [0.1, 0.15) is 11.2 Å². The molecule has 0 N–H and O–H groups in total. The van der Waals surface area contributed by atoms with E-state index in [-0.39, 0.29) is 0 Å². The van der Waals surface area contributed by atoms with E-state index in [9.17, 15) is 0 Å². The SMILES string of the molecule is c1ccc(-c2ccc(N(c3ccc(-c4ccc(-c5cccc(-c6ccccc6)c5)cc4)cc3)c3ccc4c(c3)oc3ccccc34)cc2)cc1. The van der Waals surface area contributed by atoms with Crippen molar-refractivity contribution >= 4 is 39.0 Å². The Labute approximate surface area is 292 Å². The molecule has 0 aliphatic carbocycles. The minimum atomic E-state index is 0.876. The van der Waals surface area contributed by atoms with Crippen LogP contribution in [-0.4, -0.2) is 0 Å². The van der Waals surface area contributed by atoms with Crippen molar-refractivity contribution in [1.29, 1.82) is 0 Å². The summed E-state index contributed by atoms with van der Waals surface area (Å²) in [5, 5.41) is 2.25. The lowest BCUT2D eigenvalue weighted by molar-refractivity contribution is 0.669. The van der Waals surface area contributed by atoms with Gasteiger partial charge in [-0.3, -0.25) is 0 Å². The average molecular weight is 640 g/mol. The van der Waals surface area contributed by atoms with Gasteiger partial charge in [0.15, 0.2) is 0 Å². The molecule has 9 rings (SSSR count). The predicted molar refractivity (Wildman–Crippen MR) is 210 cm³/mol. The van der Waals surface area contributed by atoms with Gasteiger partial charge in [0.25, 0.3) is 0 Å². The summed E-state index contributed by atoms with van der Waals surface area (Å²) >= 11 is 0. The molecule has 50 heavy (non-hydrogen) atoms. The number of anilines is 3. The summed E-state index contributed by atoms with van der Waals surface area (Å²) in [4.78, 5) is 2.30. The lowest BCUT2D eigenvalue weighted by Gasteiger charge is -2.26. The van der Waals surface area contributed by atoms with Gasteiger partial charge in [0.05, 0.1) is 0 Å². The smallest absolute Gasteiger partial charge is 0.137 e. The molecule has 0 amide bonds. The Morgan fingerprint density at radius 2 is 0.660 bits per heavy atom. The predicted octanol–water partition coefficient (Wildman–Crippen LogP) is 13.7. The zero-order valence-electron chi connectivity index (χ0n) is 27.4. The molecule has 9 aromatic rings. The lowest BCUT2D eigenvalue weighted by atomic mass is 9.97. The van der Waals surface area contributed by atoms with E-state index in [1.165, 1.54) is 44.5 Å². The zero-order chi connectivity index (χ0) is 33.3. The molecule has 1 aromatic heterocycles. The van der Waals surface area contributed by atoms with Crippen LogP contribution < -0.4 is 4.90 Å². The second kappa shape index (κ2) is 12.8. The molecule has 0 saturated heterocycles. The highest BCUT2D eigenvalue weighted by Crippen LogP contribution is 2.40. The third kappa shape index (κ3) is 5.63. The molecule has 8 aromatic carbocycles. The van der Waals surface area contributed by atoms with Gasteiger partial charge in [-0.15, -0.1) is 0 Å². The third-order valence-corrected chi connectivity index (χ3v) is 9.50. The fourth-order valence-electron chi connectivity index (χ4n) is 6.90. The Kier molecular flexibility index (Phi) is 7.53. The van der Waals surface area contributed by atoms with E-state index in [4.69, 9.17) is 4.42 Å². The van der Waals surface area contributed by atoms with Crippen molar-refractivity contribution < 1.29 is 4.42 Å². The van der Waals surface area contributed by atoms with E-state index in [1.807, 2.05) is 12.1 Å². The number of hydrogen-bond donors (Lipinski definition) is 0. The maximum atomic E-state index is 6.31. The summed E-state index contributed by atoms with van der Waals surface area (Å²) in [5.74, 6) is 0. The van der Waals surface area contributed by atoms with E-state index in [0.717, 1.165) is 39.0 Å². The molecule has 0 atom stereocenters. The van der Waals surface area contributed by atoms with Crippen LogP contribution in [0.3, 0.4) is 0 Å². The van der Waals surface area contributed by atoms with Crippen LogP contribution in [0.4, 0.5) is 17.1 Å². The third-order valence-electron chi connectivity index (χ3n) is 9.50. The Balaban J connectivity index is 1.05. The van der Waals surface area contributed by atoms with Gasteiger partial charge in [-0.05, 0) is 93.0 Å². The van der Waals surface area contributed by atoms with Crippen LogP contribution in [-0.2, 0) is 0 Å². The molecule has 0 aliphatic heterocycles. The molecule has 0 unspecified atom stereocenters. The molecule has 0 saturated carbocycles. The fraction of sp³-hybridized carbons (Fsp3) is 0. The molecule has 0 bridgehead atoms. The first-order valence-electron chi connectivity index (χ1n) is 17.0. The van der Waals surface area contributed by atoms with Crippen LogP contribution in [0, 0.1) is 0 Å². The first-order chi connectivity index (χ1) is 24.8. The highest BCUT2D eigenvalue weighted by molar-refractivity contribution is 6.06. The standard InChI is InChI=1S/C48H33NO/c1-3-10-34(11-4-1)37-22-26-42(27-23-37)49(44-30-31-46-45-16-7-8-17-47(45)50-48(46)33-44)43-28-24-38(25-29-43)36-18-20-39(21-19-36)41-15-9-14-40(32-41)35-12-5-2-6-13-35/h1-33H. The average Bonchev–Trinajstić information content (AvgIpc) is 3.57. The van der Waals surface area contributed by atoms with Crippen LogP contribution in [0.5, 0.6) is 0 Å². The van der Waals surface area contributed by atoms with Gasteiger partial charge >= 0.3 is 0 Å². The second-order valence-corrected chi connectivity index (χ2v) is 12.6. The first-order valence-corrected chi connectivity index (χ1v) is 17.0. The van der Waals surface area contributed by atoms with Gasteiger partial charge in [-0.2, -0.15) is 0 Å². The largest absolute Gasteiger partial charge is 0.456 e. The van der Waals surface area contributed by atoms with Crippen molar-refractivity contribution in [3.05, 3.63) is 200 Å². The van der Waals surface area contributed by atoms with E-state index >= 15 is 0 Å². The number of nitrogens with zero attached hydrogens (tertiary/aromatic N) is 1. The van der Waals surface area contributed by atoms with Crippen molar-refractivity contribution in [1.82, 2.24) is 0 Å². The molecular formula is C48H33NO. The van der Waals surface area contributed by atoms with Crippen molar-refractivity contribution in [3.63, 3.8) is 0 Å². The molecule has 236 valence electrons. The van der Waals surface area contributed by atoms with Gasteiger partial charge in [-0.25, -0.2) is 0 Å². The van der Waals surface area contributed by atoms with Crippen molar-refractivity contribution in [2.24, 2.45) is 0 Å². The van der Waals surface area contributed by atoms with Gasteiger partial charge < -0.3 is 9.32 Å². The quantitative estimate of drug-likeness (QED) is 0.173. The van der Waals surface area contributed by atoms with Crippen LogP contribution >= 0.6 is 0 Å². The minimum absolute atomic E-state index is 0.876. The van der Waals surface area contributed by atoms with Crippen LogP contribution in [0.25, 0.3) is 66.4 Å². The first kappa shape index (κ1) is 29.5. The summed E-state index contributed by atoms with van der Waals surface area (Å²) in [5.41, 5.74) is 14.6. The summed E-state index contributed by atoms with van der Waals surface area (Å²) in [7, 11) is 0. The molecule has 2 heteroatoms. The fourth-order valence-corrected chi connectivity index (χ4v) is 6.90. The Hall–Kier alpha value is -6.64. The normalized spacial score (nSPS) is 11.2. The topological polar surface area (TPSA) is 16.4 Å². The molecule has 0 aliphatic rings. The molecule has 0 spiro atoms. The summed E-state index contributed by atoms with van der Waals surface area (Å²) in [6.07, 6.45) is 0. The van der Waals surface area contributed by atoms with Gasteiger partial charge in [0, 0.05) is 33.9 Å². The number of rotatable bonds is 7. The maximum Gasteiger partial charge on any atom is 0.137 e. The number of hydrogen-bond acceptors (Lipinski definition) is 2. The van der Waals surface area contributed by atoms with Crippen molar-refractivity contribution in [2.75, 3.05) is 4.90 Å². The molecular weight excluding hydrogens is 607 g/mol. The van der Waals surface area contributed by atoms with Crippen molar-refractivity contribution in [2.45, 2.75) is 0 Å². The second-order valence-electron chi connectivity index (χ2n) is 12.6. The summed E-state index contributed by atoms with van der Waals surface area (Å²) in [6, 6.07) is 71.1. The highest BCUT2D eigenvalue weighted by atomic mass is 16.3. The zero-order valence-corrected chi connectivity index (χ0v) is 27.4. The minimum Gasteiger partial charge on any atom is -0.456 e. The summed E-state index contributed by atoms with van der Waals surface area (Å²) in [6.45, 7) is 0. The van der Waals surface area contributed by atoms with E-state index in [1.54, 1.807) is 0 Å². The molecule has 0 radical (unpaired) electrons. The molecule has 1 heterocycles. The maximum absolute atomic E-state index is 6.31. The number of para-hydroxylation sites is 1. The van der Waals surface area contributed by atoms with Crippen molar-refractivity contribution in [3.8, 4) is 44.5 Å². The van der Waals surface area contributed by atoms with E-state index < -0.39 is 0 Å².